The fraction of sp³-hybridized carbons (Fsp3) is 0.143. The molecule has 114 valence electrons. The molecule has 0 saturated heterocycles. The van der Waals surface area contributed by atoms with Gasteiger partial charge in [-0.2, -0.15) is 13.2 Å². The minimum absolute atomic E-state index is 0. The number of hydrogen-bond acceptors (Lipinski definition) is 2. The van der Waals surface area contributed by atoms with Crippen LogP contribution in [0.4, 0.5) is 24.5 Å². The fourth-order valence-corrected chi connectivity index (χ4v) is 1.83. The summed E-state index contributed by atoms with van der Waals surface area (Å²) < 4.78 is 37.5. The zero-order valence-corrected chi connectivity index (χ0v) is 12.3. The highest BCUT2D eigenvalue weighted by Gasteiger charge is 2.30. The minimum atomic E-state index is -4.39. The first-order valence-electron chi connectivity index (χ1n) is 5.81. The van der Waals surface area contributed by atoms with E-state index in [-0.39, 0.29) is 18.1 Å². The highest BCUT2D eigenvalue weighted by atomic mass is 35.5. The molecule has 21 heavy (non-hydrogen) atoms. The maximum atomic E-state index is 12.5. The molecule has 0 heterocycles. The third-order valence-electron chi connectivity index (χ3n) is 2.78. The SMILES string of the molecule is Cl.Nc1cc(C(F)(F)F)ccc1NCc1ccc(Cl)cc1. The molecule has 3 N–H and O–H groups in total. The van der Waals surface area contributed by atoms with Crippen LogP contribution in [0.1, 0.15) is 11.1 Å². The van der Waals surface area contributed by atoms with Gasteiger partial charge in [0.1, 0.15) is 0 Å². The molecule has 7 heteroatoms. The zero-order chi connectivity index (χ0) is 14.8. The molecule has 0 radical (unpaired) electrons. The number of rotatable bonds is 3. The summed E-state index contributed by atoms with van der Waals surface area (Å²) in [5.41, 5.74) is 6.35. The van der Waals surface area contributed by atoms with Gasteiger partial charge >= 0.3 is 6.18 Å². The Morgan fingerprint density at radius 3 is 2.19 bits per heavy atom. The number of nitrogens with one attached hydrogen (secondary N) is 1. The number of hydrogen-bond donors (Lipinski definition) is 2. The van der Waals surface area contributed by atoms with Crippen LogP contribution < -0.4 is 11.1 Å². The molecule has 0 atom stereocenters. The summed E-state index contributed by atoms with van der Waals surface area (Å²) in [6.45, 7) is 0.451. The summed E-state index contributed by atoms with van der Waals surface area (Å²) in [4.78, 5) is 0. The normalized spacial score (nSPS) is 10.9. The van der Waals surface area contributed by atoms with Gasteiger partial charge in [0.15, 0.2) is 0 Å². The summed E-state index contributed by atoms with van der Waals surface area (Å²) in [5, 5.41) is 3.62. The van der Waals surface area contributed by atoms with E-state index in [1.54, 1.807) is 12.1 Å². The molecule has 0 saturated carbocycles. The van der Waals surface area contributed by atoms with Crippen LogP contribution in [-0.2, 0) is 12.7 Å². The Balaban J connectivity index is 0.00000220. The van der Waals surface area contributed by atoms with Crippen molar-refractivity contribution in [2.45, 2.75) is 12.7 Å². The van der Waals surface area contributed by atoms with Gasteiger partial charge in [0.2, 0.25) is 0 Å². The first-order valence-corrected chi connectivity index (χ1v) is 6.19. The Kier molecular flexibility index (Phi) is 5.75. The molecule has 0 aliphatic rings. The standard InChI is InChI=1S/C14H12ClF3N2.ClH/c15-11-4-1-9(2-5-11)8-20-13-6-3-10(7-12(13)19)14(16,17)18;/h1-7,20H,8,19H2;1H. The lowest BCUT2D eigenvalue weighted by atomic mass is 10.1. The quantitative estimate of drug-likeness (QED) is 0.776. The minimum Gasteiger partial charge on any atom is -0.397 e. The molecule has 2 aromatic rings. The fourth-order valence-electron chi connectivity index (χ4n) is 1.70. The number of benzene rings is 2. The van der Waals surface area contributed by atoms with Gasteiger partial charge in [-0.1, -0.05) is 23.7 Å². The van der Waals surface area contributed by atoms with Gasteiger partial charge in [-0.15, -0.1) is 12.4 Å². The van der Waals surface area contributed by atoms with Crippen molar-refractivity contribution in [1.29, 1.82) is 0 Å². The predicted molar refractivity (Wildman–Crippen MR) is 81.9 cm³/mol. The summed E-state index contributed by atoms with van der Waals surface area (Å²) in [7, 11) is 0. The van der Waals surface area contributed by atoms with E-state index in [0.29, 0.717) is 17.3 Å². The number of halogens is 5. The lowest BCUT2D eigenvalue weighted by Crippen LogP contribution is -2.08. The third kappa shape index (κ3) is 4.72. The van der Waals surface area contributed by atoms with E-state index in [2.05, 4.69) is 5.32 Å². The highest BCUT2D eigenvalue weighted by Crippen LogP contribution is 2.32. The molecule has 0 aliphatic carbocycles. The molecule has 0 unspecified atom stereocenters. The Morgan fingerprint density at radius 1 is 1.05 bits per heavy atom. The van der Waals surface area contributed by atoms with Gasteiger partial charge in [0.25, 0.3) is 0 Å². The van der Waals surface area contributed by atoms with Crippen LogP contribution in [0, 0.1) is 0 Å². The first-order chi connectivity index (χ1) is 9.36. The number of alkyl halides is 3. The maximum absolute atomic E-state index is 12.5. The van der Waals surface area contributed by atoms with Gasteiger partial charge < -0.3 is 11.1 Å². The Hall–Kier alpha value is -1.59. The topological polar surface area (TPSA) is 38.0 Å². The maximum Gasteiger partial charge on any atom is 0.416 e. The third-order valence-corrected chi connectivity index (χ3v) is 3.03. The molecule has 0 spiro atoms. The van der Waals surface area contributed by atoms with Crippen molar-refractivity contribution in [3.63, 3.8) is 0 Å². The van der Waals surface area contributed by atoms with E-state index in [9.17, 15) is 13.2 Å². The molecular formula is C14H13Cl2F3N2. The molecule has 0 bridgehead atoms. The number of nitrogens with two attached hydrogens (primary N) is 1. The van der Waals surface area contributed by atoms with E-state index in [4.69, 9.17) is 17.3 Å². The monoisotopic (exact) mass is 336 g/mol. The van der Waals surface area contributed by atoms with E-state index in [1.165, 1.54) is 6.07 Å². The van der Waals surface area contributed by atoms with Crippen LogP contribution in [0.3, 0.4) is 0 Å². The summed E-state index contributed by atoms with van der Waals surface area (Å²) in [6, 6.07) is 10.4. The van der Waals surface area contributed by atoms with Crippen molar-refractivity contribution >= 4 is 35.4 Å². The van der Waals surface area contributed by atoms with E-state index < -0.39 is 11.7 Å². The van der Waals surface area contributed by atoms with E-state index in [1.807, 2.05) is 12.1 Å². The molecule has 0 fully saturated rings. The van der Waals surface area contributed by atoms with E-state index >= 15 is 0 Å². The van der Waals surface area contributed by atoms with Crippen LogP contribution in [-0.4, -0.2) is 0 Å². The van der Waals surface area contributed by atoms with Gasteiger partial charge in [-0.05, 0) is 35.9 Å². The summed E-state index contributed by atoms with van der Waals surface area (Å²) in [6.07, 6.45) is -4.39. The van der Waals surface area contributed by atoms with Crippen molar-refractivity contribution in [1.82, 2.24) is 0 Å². The van der Waals surface area contributed by atoms with Crippen LogP contribution in [0.5, 0.6) is 0 Å². The molecule has 2 nitrogen and oxygen atoms in total. The smallest absolute Gasteiger partial charge is 0.397 e. The highest BCUT2D eigenvalue weighted by molar-refractivity contribution is 6.30. The van der Waals surface area contributed by atoms with Crippen molar-refractivity contribution in [2.75, 3.05) is 11.1 Å². The first kappa shape index (κ1) is 17.5. The molecule has 2 rings (SSSR count). The van der Waals surface area contributed by atoms with Crippen LogP contribution in [0.2, 0.25) is 5.02 Å². The largest absolute Gasteiger partial charge is 0.416 e. The average molecular weight is 337 g/mol. The summed E-state index contributed by atoms with van der Waals surface area (Å²) in [5.74, 6) is 0. The zero-order valence-electron chi connectivity index (χ0n) is 10.7. The number of anilines is 2. The van der Waals surface area contributed by atoms with Crippen LogP contribution in [0.15, 0.2) is 42.5 Å². The lowest BCUT2D eigenvalue weighted by Gasteiger charge is -2.12. The average Bonchev–Trinajstić information content (AvgIpc) is 2.38. The molecule has 2 aromatic carbocycles. The predicted octanol–water partition coefficient (Wildman–Crippen LogP) is 4.97. The second-order valence-corrected chi connectivity index (χ2v) is 4.72. The Labute approximate surface area is 131 Å². The second-order valence-electron chi connectivity index (χ2n) is 4.28. The lowest BCUT2D eigenvalue weighted by molar-refractivity contribution is -0.137. The van der Waals surface area contributed by atoms with Crippen molar-refractivity contribution in [2.24, 2.45) is 0 Å². The van der Waals surface area contributed by atoms with Gasteiger partial charge in [0, 0.05) is 11.6 Å². The van der Waals surface area contributed by atoms with Gasteiger partial charge in [-0.3, -0.25) is 0 Å². The Morgan fingerprint density at radius 2 is 1.67 bits per heavy atom. The van der Waals surface area contributed by atoms with Gasteiger partial charge in [0.05, 0.1) is 16.9 Å². The van der Waals surface area contributed by atoms with Crippen molar-refractivity contribution in [3.05, 3.63) is 58.6 Å². The molecule has 0 amide bonds. The van der Waals surface area contributed by atoms with Crippen molar-refractivity contribution < 1.29 is 13.2 Å². The molecule has 0 aliphatic heterocycles. The Bertz CT molecular complexity index is 598. The second kappa shape index (κ2) is 6.91. The summed E-state index contributed by atoms with van der Waals surface area (Å²) >= 11 is 5.77. The van der Waals surface area contributed by atoms with E-state index in [0.717, 1.165) is 17.7 Å². The van der Waals surface area contributed by atoms with Gasteiger partial charge in [-0.25, -0.2) is 0 Å². The van der Waals surface area contributed by atoms with Crippen LogP contribution >= 0.6 is 24.0 Å². The van der Waals surface area contributed by atoms with Crippen molar-refractivity contribution in [3.8, 4) is 0 Å². The number of nitrogen functional groups attached to an aromatic ring is 1. The molecular weight excluding hydrogens is 324 g/mol. The molecule has 0 aromatic heterocycles. The van der Waals surface area contributed by atoms with Crippen LogP contribution in [0.25, 0.3) is 0 Å².